The second-order valence-corrected chi connectivity index (χ2v) is 12.0. The topological polar surface area (TPSA) is 116 Å². The number of piperazine rings is 1. The summed E-state index contributed by atoms with van der Waals surface area (Å²) in [4.78, 5) is 48.6. The van der Waals surface area contributed by atoms with E-state index in [1.807, 2.05) is 32.2 Å². The number of fused-ring (bicyclic) bond motifs is 1. The fourth-order valence-corrected chi connectivity index (χ4v) is 5.84. The number of halogens is 2. The van der Waals surface area contributed by atoms with E-state index in [2.05, 4.69) is 20.5 Å². The normalized spacial score (nSPS) is 13.3. The summed E-state index contributed by atoms with van der Waals surface area (Å²) in [5, 5.41) is 6.67. The molecule has 2 N–H and O–H groups in total. The first-order valence-corrected chi connectivity index (χ1v) is 15.7. The highest BCUT2D eigenvalue weighted by molar-refractivity contribution is 6.38. The van der Waals surface area contributed by atoms with Gasteiger partial charge in [-0.25, -0.2) is 9.78 Å². The molecule has 0 spiro atoms. The van der Waals surface area contributed by atoms with Crippen molar-refractivity contribution in [2.75, 3.05) is 64.1 Å². The van der Waals surface area contributed by atoms with Gasteiger partial charge in [0.1, 0.15) is 23.6 Å². The summed E-state index contributed by atoms with van der Waals surface area (Å²) in [6, 6.07) is 16.8. The van der Waals surface area contributed by atoms with Crippen molar-refractivity contribution in [1.29, 1.82) is 0 Å². The fourth-order valence-electron chi connectivity index (χ4n) is 5.23. The van der Waals surface area contributed by atoms with Crippen molar-refractivity contribution in [3.05, 3.63) is 87.5 Å². The number of amides is 4. The molecule has 1 aliphatic heterocycles. The van der Waals surface area contributed by atoms with Crippen molar-refractivity contribution in [2.24, 2.45) is 0 Å². The molecule has 1 saturated heterocycles. The molecule has 2 heterocycles. The van der Waals surface area contributed by atoms with Crippen LogP contribution >= 0.6 is 23.2 Å². The summed E-state index contributed by atoms with van der Waals surface area (Å²) in [5.74, 6) is 0.697. The van der Waals surface area contributed by atoms with Crippen LogP contribution in [0.1, 0.15) is 21.6 Å². The molecule has 3 aromatic carbocycles. The molecule has 1 fully saturated rings. The van der Waals surface area contributed by atoms with Crippen LogP contribution in [0.5, 0.6) is 11.5 Å². The molecule has 11 nitrogen and oxygen atoms in total. The molecule has 246 valence electrons. The number of hydrogen-bond acceptors (Lipinski definition) is 7. The van der Waals surface area contributed by atoms with Gasteiger partial charge in [0.05, 0.1) is 24.4 Å². The van der Waals surface area contributed by atoms with E-state index in [1.165, 1.54) is 4.90 Å². The number of para-hydroxylation sites is 1. The Hall–Kier alpha value is -4.58. The van der Waals surface area contributed by atoms with Gasteiger partial charge in [0, 0.05) is 72.2 Å². The van der Waals surface area contributed by atoms with Gasteiger partial charge in [0.15, 0.2) is 0 Å². The molecular formula is C34H36Cl2N6O5. The number of nitrogens with one attached hydrogen (secondary N) is 2. The third-order valence-electron chi connectivity index (χ3n) is 7.94. The van der Waals surface area contributed by atoms with Crippen LogP contribution in [0.25, 0.3) is 10.9 Å². The van der Waals surface area contributed by atoms with Crippen molar-refractivity contribution in [3.63, 3.8) is 0 Å². The molecule has 1 aliphatic rings. The number of aryl methyl sites for hydroxylation is 1. The molecule has 0 unspecified atom stereocenters. The molecule has 0 atom stereocenters. The van der Waals surface area contributed by atoms with E-state index >= 15 is 0 Å². The molecule has 4 amide bonds. The first kappa shape index (κ1) is 33.8. The lowest BCUT2D eigenvalue weighted by molar-refractivity contribution is -0.117. The first-order valence-electron chi connectivity index (χ1n) is 15.0. The lowest BCUT2D eigenvalue weighted by Crippen LogP contribution is -2.47. The zero-order chi connectivity index (χ0) is 33.7. The van der Waals surface area contributed by atoms with Gasteiger partial charge in [-0.2, -0.15) is 0 Å². The van der Waals surface area contributed by atoms with Crippen LogP contribution in [0.4, 0.5) is 16.2 Å². The van der Waals surface area contributed by atoms with Crippen molar-refractivity contribution >= 4 is 63.3 Å². The highest BCUT2D eigenvalue weighted by atomic mass is 35.5. The van der Waals surface area contributed by atoms with Crippen LogP contribution in [-0.2, 0) is 11.4 Å². The van der Waals surface area contributed by atoms with Gasteiger partial charge in [-0.3, -0.25) is 9.59 Å². The van der Waals surface area contributed by atoms with Gasteiger partial charge in [-0.15, -0.1) is 0 Å². The molecule has 0 saturated carbocycles. The number of anilines is 2. The van der Waals surface area contributed by atoms with Crippen molar-refractivity contribution in [3.8, 4) is 11.5 Å². The number of ether oxygens (including phenoxy) is 2. The quantitative estimate of drug-likeness (QED) is 0.236. The lowest BCUT2D eigenvalue weighted by atomic mass is 10.1. The number of urea groups is 1. The van der Waals surface area contributed by atoms with Crippen LogP contribution in [0.3, 0.4) is 0 Å². The fraction of sp³-hybridized carbons (Fsp3) is 0.294. The van der Waals surface area contributed by atoms with E-state index in [-0.39, 0.29) is 24.1 Å². The Bertz CT molecular complexity index is 1810. The van der Waals surface area contributed by atoms with E-state index in [0.29, 0.717) is 57.6 Å². The zero-order valence-electron chi connectivity index (χ0n) is 26.6. The Balaban J connectivity index is 1.20. The average molecular weight is 680 g/mol. The van der Waals surface area contributed by atoms with Gasteiger partial charge < -0.3 is 34.8 Å². The minimum atomic E-state index is -0.595. The maximum atomic E-state index is 13.1. The second kappa shape index (κ2) is 14.9. The van der Waals surface area contributed by atoms with E-state index in [0.717, 1.165) is 24.2 Å². The SMILES string of the molecule is COc1cc(C)nc2c(OCc3c(Cl)ccc(N(C)C(=O)CNC(=O)Nc4cccc(C(=O)N5CCN(C)CC5)c4)c3Cl)cccc12. The Morgan fingerprint density at radius 3 is 2.47 bits per heavy atom. The van der Waals surface area contributed by atoms with Gasteiger partial charge in [0.2, 0.25) is 5.91 Å². The summed E-state index contributed by atoms with van der Waals surface area (Å²) in [5.41, 5.74) is 3.20. The Labute approximate surface area is 283 Å². The minimum Gasteiger partial charge on any atom is -0.496 e. The largest absolute Gasteiger partial charge is 0.496 e. The van der Waals surface area contributed by atoms with E-state index < -0.39 is 11.9 Å². The van der Waals surface area contributed by atoms with E-state index in [9.17, 15) is 14.4 Å². The maximum Gasteiger partial charge on any atom is 0.319 e. The number of hydrogen-bond donors (Lipinski definition) is 2. The van der Waals surface area contributed by atoms with Crippen LogP contribution in [-0.4, -0.2) is 86.6 Å². The average Bonchev–Trinajstić information content (AvgIpc) is 3.06. The van der Waals surface area contributed by atoms with Gasteiger partial charge in [-0.05, 0) is 56.4 Å². The number of pyridine rings is 1. The lowest BCUT2D eigenvalue weighted by Gasteiger charge is -2.32. The first-order chi connectivity index (χ1) is 22.5. The van der Waals surface area contributed by atoms with Gasteiger partial charge >= 0.3 is 6.03 Å². The second-order valence-electron chi connectivity index (χ2n) is 11.2. The number of likely N-dealkylation sites (N-methyl/N-ethyl adjacent to an activating group) is 2. The van der Waals surface area contributed by atoms with Crippen molar-refractivity contribution in [2.45, 2.75) is 13.5 Å². The Morgan fingerprint density at radius 2 is 1.72 bits per heavy atom. The van der Waals surface area contributed by atoms with E-state index in [4.69, 9.17) is 32.7 Å². The third-order valence-corrected chi connectivity index (χ3v) is 8.72. The standard InChI is InChI=1S/C34H36Cl2N6O5/c1-21-17-29(46-4)24-9-6-10-28(32(24)38-21)47-20-25-26(35)11-12-27(31(25)36)41(3)30(43)19-37-34(45)39-23-8-5-7-22(18-23)33(44)42-15-13-40(2)14-16-42/h5-12,17-18H,13-16,19-20H2,1-4H3,(H2,37,39,45). The molecule has 4 aromatic rings. The number of carbonyl (C=O) groups is 3. The molecule has 13 heteroatoms. The van der Waals surface area contributed by atoms with Crippen molar-refractivity contribution in [1.82, 2.24) is 20.1 Å². The van der Waals surface area contributed by atoms with Crippen LogP contribution in [0.15, 0.2) is 60.7 Å². The smallest absolute Gasteiger partial charge is 0.319 e. The molecule has 0 bridgehead atoms. The molecule has 0 aliphatic carbocycles. The monoisotopic (exact) mass is 678 g/mol. The van der Waals surface area contributed by atoms with Crippen LogP contribution in [0, 0.1) is 6.92 Å². The van der Waals surface area contributed by atoms with Crippen LogP contribution in [0.2, 0.25) is 10.0 Å². The minimum absolute atomic E-state index is 0.0155. The predicted molar refractivity (Wildman–Crippen MR) is 184 cm³/mol. The summed E-state index contributed by atoms with van der Waals surface area (Å²) in [7, 11) is 5.18. The summed E-state index contributed by atoms with van der Waals surface area (Å²) >= 11 is 13.3. The number of nitrogens with zero attached hydrogens (tertiary/aromatic N) is 4. The molecule has 47 heavy (non-hydrogen) atoms. The predicted octanol–water partition coefficient (Wildman–Crippen LogP) is 5.61. The molecular weight excluding hydrogens is 643 g/mol. The number of methoxy groups -OCH3 is 1. The summed E-state index contributed by atoms with van der Waals surface area (Å²) < 4.78 is 11.6. The van der Waals surface area contributed by atoms with Crippen LogP contribution < -0.4 is 25.0 Å². The number of carbonyl (C=O) groups excluding carboxylic acids is 3. The highest BCUT2D eigenvalue weighted by Gasteiger charge is 2.22. The van der Waals surface area contributed by atoms with E-state index in [1.54, 1.807) is 61.5 Å². The molecule has 5 rings (SSSR count). The maximum absolute atomic E-state index is 13.1. The number of aromatic nitrogens is 1. The highest BCUT2D eigenvalue weighted by Crippen LogP contribution is 2.36. The van der Waals surface area contributed by atoms with Gasteiger partial charge in [0.25, 0.3) is 5.91 Å². The molecule has 0 radical (unpaired) electrons. The Kier molecular flexibility index (Phi) is 10.7. The summed E-state index contributed by atoms with van der Waals surface area (Å²) in [6.07, 6.45) is 0. The number of benzene rings is 3. The van der Waals surface area contributed by atoms with Gasteiger partial charge in [-0.1, -0.05) is 35.3 Å². The zero-order valence-corrected chi connectivity index (χ0v) is 28.1. The third kappa shape index (κ3) is 7.87. The van der Waals surface area contributed by atoms with Crippen molar-refractivity contribution < 1.29 is 23.9 Å². The summed E-state index contributed by atoms with van der Waals surface area (Å²) in [6.45, 7) is 4.49. The Morgan fingerprint density at radius 1 is 0.979 bits per heavy atom. The number of rotatable bonds is 9. The molecule has 1 aromatic heterocycles.